The smallest absolute Gasteiger partial charge is 0.407 e. The normalized spacial score (nSPS) is 11.5. The Bertz CT molecular complexity index is 926. The minimum Gasteiger partial charge on any atom is -0.444 e. The van der Waals surface area contributed by atoms with Crippen molar-refractivity contribution in [2.45, 2.75) is 67.0 Å². The lowest BCUT2D eigenvalue weighted by molar-refractivity contribution is 0.0523. The Morgan fingerprint density at radius 2 is 1.73 bits per heavy atom. The van der Waals surface area contributed by atoms with Crippen LogP contribution in [0.15, 0.2) is 24.3 Å². The molecule has 0 aliphatic rings. The second kappa shape index (κ2) is 9.28. The van der Waals surface area contributed by atoms with Gasteiger partial charge in [0, 0.05) is 23.4 Å². The Morgan fingerprint density at radius 3 is 2.23 bits per heavy atom. The largest absolute Gasteiger partial charge is 0.444 e. The predicted octanol–water partition coefficient (Wildman–Crippen LogP) is 4.69. The highest BCUT2D eigenvalue weighted by Crippen LogP contribution is 2.32. The Labute approximate surface area is 179 Å². The summed E-state index contributed by atoms with van der Waals surface area (Å²) >= 11 is 0. The van der Waals surface area contributed by atoms with Crippen LogP contribution >= 0.6 is 0 Å². The number of amides is 2. The van der Waals surface area contributed by atoms with Crippen molar-refractivity contribution in [3.63, 3.8) is 0 Å². The lowest BCUT2D eigenvalue weighted by atomic mass is 9.89. The minimum absolute atomic E-state index is 0.188. The van der Waals surface area contributed by atoms with Crippen molar-refractivity contribution >= 4 is 12.0 Å². The second-order valence-electron chi connectivity index (χ2n) is 9.06. The van der Waals surface area contributed by atoms with E-state index in [-0.39, 0.29) is 6.54 Å². The molecule has 3 N–H and O–H groups in total. The summed E-state index contributed by atoms with van der Waals surface area (Å²) in [6, 6.07) is 7.91. The molecule has 0 fully saturated rings. The molecule has 0 saturated carbocycles. The van der Waals surface area contributed by atoms with Gasteiger partial charge in [0.1, 0.15) is 5.60 Å². The molecular weight excluding hydrogens is 378 g/mol. The van der Waals surface area contributed by atoms with Gasteiger partial charge in [0.05, 0.1) is 11.3 Å². The monoisotopic (exact) mass is 411 g/mol. The van der Waals surface area contributed by atoms with E-state index < -0.39 is 17.6 Å². The molecular formula is C24H33N3O3. The Morgan fingerprint density at radius 1 is 1.13 bits per heavy atom. The summed E-state index contributed by atoms with van der Waals surface area (Å²) in [5, 5.41) is 2.82. The minimum atomic E-state index is -0.603. The molecule has 0 saturated heterocycles. The quantitative estimate of drug-likeness (QED) is 0.721. The molecule has 2 aromatic rings. The number of hydrogen-bond donors (Lipinski definition) is 2. The molecule has 0 aliphatic heterocycles. The van der Waals surface area contributed by atoms with E-state index in [2.05, 4.69) is 19.2 Å². The van der Waals surface area contributed by atoms with E-state index in [1.165, 1.54) is 0 Å². The fourth-order valence-corrected chi connectivity index (χ4v) is 3.36. The Balaban J connectivity index is 2.64. The molecule has 0 aliphatic carbocycles. The van der Waals surface area contributed by atoms with Crippen LogP contribution in [0.1, 0.15) is 67.5 Å². The standard InChI is InChI=1S/C24H33N3O3/c1-14(2)12-19-18(13-26-23(29)30-24(5,6)7)21(17-10-8-15(3)9-11-17)20(22(25)28)16(4)27-19/h8-11,14H,12-13H2,1-7H3,(H2,25,28)(H,26,29). The van der Waals surface area contributed by atoms with E-state index in [9.17, 15) is 9.59 Å². The molecule has 6 nitrogen and oxygen atoms in total. The molecule has 0 radical (unpaired) electrons. The van der Waals surface area contributed by atoms with Gasteiger partial charge in [-0.2, -0.15) is 0 Å². The molecule has 1 aromatic heterocycles. The highest BCUT2D eigenvalue weighted by molar-refractivity contribution is 6.02. The van der Waals surface area contributed by atoms with Crippen molar-refractivity contribution < 1.29 is 14.3 Å². The van der Waals surface area contributed by atoms with Gasteiger partial charge < -0.3 is 15.8 Å². The van der Waals surface area contributed by atoms with Crippen LogP contribution in [0, 0.1) is 19.8 Å². The number of nitrogens with one attached hydrogen (secondary N) is 1. The summed E-state index contributed by atoms with van der Waals surface area (Å²) in [4.78, 5) is 29.4. The third-order valence-electron chi connectivity index (χ3n) is 4.56. The number of primary amides is 1. The first-order valence-electron chi connectivity index (χ1n) is 10.2. The van der Waals surface area contributed by atoms with Crippen LogP contribution in [0.25, 0.3) is 11.1 Å². The first kappa shape index (κ1) is 23.4. The number of alkyl carbamates (subject to hydrolysis) is 1. The second-order valence-corrected chi connectivity index (χ2v) is 9.06. The molecule has 30 heavy (non-hydrogen) atoms. The fraction of sp³-hybridized carbons (Fsp3) is 0.458. The average molecular weight is 412 g/mol. The summed E-state index contributed by atoms with van der Waals surface area (Å²) in [6.07, 6.45) is 0.193. The maximum Gasteiger partial charge on any atom is 0.407 e. The first-order chi connectivity index (χ1) is 13.9. The van der Waals surface area contributed by atoms with E-state index in [4.69, 9.17) is 15.5 Å². The van der Waals surface area contributed by atoms with Gasteiger partial charge in [-0.1, -0.05) is 43.7 Å². The van der Waals surface area contributed by atoms with E-state index in [1.54, 1.807) is 6.92 Å². The lowest BCUT2D eigenvalue weighted by Crippen LogP contribution is -2.33. The number of benzene rings is 1. The fourth-order valence-electron chi connectivity index (χ4n) is 3.36. The number of hydrogen-bond acceptors (Lipinski definition) is 4. The van der Waals surface area contributed by atoms with Crippen LogP contribution in [-0.2, 0) is 17.7 Å². The molecule has 0 spiro atoms. The van der Waals surface area contributed by atoms with Crippen LogP contribution in [0.2, 0.25) is 0 Å². The van der Waals surface area contributed by atoms with Crippen molar-refractivity contribution in [1.82, 2.24) is 10.3 Å². The Kier molecular flexibility index (Phi) is 7.24. The van der Waals surface area contributed by atoms with Gasteiger partial charge in [0.15, 0.2) is 0 Å². The number of rotatable bonds is 6. The molecule has 6 heteroatoms. The summed E-state index contributed by atoms with van der Waals surface area (Å²) < 4.78 is 5.38. The zero-order chi connectivity index (χ0) is 22.6. The molecule has 0 unspecified atom stereocenters. The van der Waals surface area contributed by atoms with Gasteiger partial charge in [-0.3, -0.25) is 9.78 Å². The van der Waals surface area contributed by atoms with E-state index in [1.807, 2.05) is 52.0 Å². The molecule has 162 valence electrons. The van der Waals surface area contributed by atoms with Crippen LogP contribution in [0.4, 0.5) is 4.79 Å². The van der Waals surface area contributed by atoms with Crippen LogP contribution < -0.4 is 11.1 Å². The van der Waals surface area contributed by atoms with Crippen molar-refractivity contribution in [3.05, 3.63) is 52.3 Å². The topological polar surface area (TPSA) is 94.3 Å². The van der Waals surface area contributed by atoms with E-state index >= 15 is 0 Å². The van der Waals surface area contributed by atoms with Gasteiger partial charge in [-0.25, -0.2) is 4.79 Å². The van der Waals surface area contributed by atoms with Gasteiger partial charge >= 0.3 is 6.09 Å². The van der Waals surface area contributed by atoms with Crippen molar-refractivity contribution in [3.8, 4) is 11.1 Å². The molecule has 2 rings (SSSR count). The number of carbonyl (C=O) groups is 2. The third-order valence-corrected chi connectivity index (χ3v) is 4.56. The van der Waals surface area contributed by atoms with Crippen molar-refractivity contribution in [2.24, 2.45) is 11.7 Å². The highest BCUT2D eigenvalue weighted by Gasteiger charge is 2.24. The Hall–Kier alpha value is -2.89. The number of nitrogens with zero attached hydrogens (tertiary/aromatic N) is 1. The van der Waals surface area contributed by atoms with Gasteiger partial charge in [-0.05, 0) is 52.5 Å². The summed E-state index contributed by atoms with van der Waals surface area (Å²) in [5.74, 6) is -0.187. The maximum atomic E-state index is 12.4. The number of aryl methyl sites for hydroxylation is 2. The van der Waals surface area contributed by atoms with Crippen LogP contribution in [0.5, 0.6) is 0 Å². The molecule has 2 amide bonds. The first-order valence-corrected chi connectivity index (χ1v) is 10.2. The van der Waals surface area contributed by atoms with Gasteiger partial charge in [-0.15, -0.1) is 0 Å². The summed E-state index contributed by atoms with van der Waals surface area (Å²) in [7, 11) is 0. The number of ether oxygens (including phenoxy) is 1. The predicted molar refractivity (Wildman–Crippen MR) is 119 cm³/mol. The average Bonchev–Trinajstić information content (AvgIpc) is 2.58. The molecule has 0 atom stereocenters. The maximum absolute atomic E-state index is 12.4. The zero-order valence-electron chi connectivity index (χ0n) is 19.1. The van der Waals surface area contributed by atoms with Gasteiger partial charge in [0.25, 0.3) is 5.91 Å². The number of pyridine rings is 1. The van der Waals surface area contributed by atoms with Crippen molar-refractivity contribution in [2.75, 3.05) is 0 Å². The van der Waals surface area contributed by atoms with Gasteiger partial charge in [0.2, 0.25) is 0 Å². The number of carbonyl (C=O) groups excluding carboxylic acids is 2. The molecule has 1 heterocycles. The SMILES string of the molecule is Cc1ccc(-c2c(CNC(=O)OC(C)(C)C)c(CC(C)C)nc(C)c2C(N)=O)cc1. The number of nitrogens with two attached hydrogens (primary N) is 1. The highest BCUT2D eigenvalue weighted by atomic mass is 16.6. The van der Waals surface area contributed by atoms with Crippen molar-refractivity contribution in [1.29, 1.82) is 0 Å². The third kappa shape index (κ3) is 6.05. The molecule has 1 aromatic carbocycles. The van der Waals surface area contributed by atoms with E-state index in [0.717, 1.165) is 27.9 Å². The summed E-state index contributed by atoms with van der Waals surface area (Å²) in [5.41, 5.74) is 10.5. The van der Waals surface area contributed by atoms with Crippen LogP contribution in [0.3, 0.4) is 0 Å². The van der Waals surface area contributed by atoms with E-state index in [0.29, 0.717) is 23.6 Å². The summed E-state index contributed by atoms with van der Waals surface area (Å²) in [6.45, 7) is 13.6. The number of aromatic nitrogens is 1. The zero-order valence-corrected chi connectivity index (χ0v) is 19.1. The lowest BCUT2D eigenvalue weighted by Gasteiger charge is -2.23. The molecule has 0 bridgehead atoms. The van der Waals surface area contributed by atoms with Crippen LogP contribution in [-0.4, -0.2) is 22.6 Å².